The molecule has 1 fully saturated rings. The van der Waals surface area contributed by atoms with Gasteiger partial charge >= 0.3 is 0 Å². The Morgan fingerprint density at radius 2 is 1.77 bits per heavy atom. The highest BCUT2D eigenvalue weighted by atomic mass is 79.9. The number of epoxide rings is 1. The SMILES string of the molecule is COc1cc2c(cc1Br)C(=O)C1(CO2)OC1c1ccc(OC)c(OC)c1. The number of hydrogen-bond donors (Lipinski definition) is 0. The Hall–Kier alpha value is -2.25. The van der Waals surface area contributed by atoms with Gasteiger partial charge < -0.3 is 23.7 Å². The van der Waals surface area contributed by atoms with Crippen molar-refractivity contribution in [3.63, 3.8) is 0 Å². The topological polar surface area (TPSA) is 66.5 Å². The molecule has 2 aliphatic rings. The van der Waals surface area contributed by atoms with E-state index in [1.54, 1.807) is 39.5 Å². The van der Waals surface area contributed by atoms with Crippen LogP contribution < -0.4 is 18.9 Å². The summed E-state index contributed by atoms with van der Waals surface area (Å²) in [6.45, 7) is 0.155. The van der Waals surface area contributed by atoms with Crippen LogP contribution in [0.5, 0.6) is 23.0 Å². The molecule has 2 unspecified atom stereocenters. The number of Topliss-reactive ketones (excluding diaryl/α,β-unsaturated/α-hetero) is 1. The third-order valence-corrected chi connectivity index (χ3v) is 5.35. The first-order valence-corrected chi connectivity index (χ1v) is 8.78. The van der Waals surface area contributed by atoms with Crippen molar-refractivity contribution in [1.29, 1.82) is 0 Å². The van der Waals surface area contributed by atoms with Crippen molar-refractivity contribution in [3.05, 3.63) is 45.9 Å². The largest absolute Gasteiger partial charge is 0.495 e. The van der Waals surface area contributed by atoms with Crippen molar-refractivity contribution in [2.24, 2.45) is 0 Å². The number of hydrogen-bond acceptors (Lipinski definition) is 6. The number of carbonyl (C=O) groups is 1. The van der Waals surface area contributed by atoms with Gasteiger partial charge in [-0.25, -0.2) is 0 Å². The van der Waals surface area contributed by atoms with E-state index in [1.165, 1.54) is 0 Å². The molecule has 0 aromatic heterocycles. The zero-order valence-corrected chi connectivity index (χ0v) is 16.1. The second-order valence-electron chi connectivity index (χ2n) is 6.10. The number of halogens is 1. The standard InChI is InChI=1S/C19H17BrO6/c1-22-13-5-4-10(6-16(13)24-3)18-19(26-18)9-25-14-8-15(23-2)12(20)7-11(14)17(19)21/h4-8,18H,9H2,1-3H3. The van der Waals surface area contributed by atoms with Crippen LogP contribution in [0.4, 0.5) is 0 Å². The number of ketones is 1. The molecule has 2 aliphatic heterocycles. The zero-order chi connectivity index (χ0) is 18.5. The lowest BCUT2D eigenvalue weighted by Gasteiger charge is -2.23. The van der Waals surface area contributed by atoms with Crippen LogP contribution in [-0.2, 0) is 4.74 Å². The van der Waals surface area contributed by atoms with Crippen LogP contribution in [0.3, 0.4) is 0 Å². The van der Waals surface area contributed by atoms with E-state index in [4.69, 9.17) is 23.7 Å². The fourth-order valence-electron chi connectivity index (χ4n) is 3.28. The third kappa shape index (κ3) is 2.46. The highest BCUT2D eigenvalue weighted by Crippen LogP contribution is 2.55. The van der Waals surface area contributed by atoms with E-state index >= 15 is 0 Å². The normalized spacial score (nSPS) is 23.2. The van der Waals surface area contributed by atoms with Crippen molar-refractivity contribution in [1.82, 2.24) is 0 Å². The molecule has 0 radical (unpaired) electrons. The van der Waals surface area contributed by atoms with Gasteiger partial charge in [-0.2, -0.15) is 0 Å². The Morgan fingerprint density at radius 3 is 2.46 bits per heavy atom. The molecule has 2 aromatic rings. The average Bonchev–Trinajstić information content (AvgIpc) is 3.40. The zero-order valence-electron chi connectivity index (χ0n) is 14.5. The number of methoxy groups -OCH3 is 3. The number of carbonyl (C=O) groups excluding carboxylic acids is 1. The molecular weight excluding hydrogens is 404 g/mol. The Morgan fingerprint density at radius 1 is 1.04 bits per heavy atom. The predicted octanol–water partition coefficient (Wildman–Crippen LogP) is 3.56. The van der Waals surface area contributed by atoms with Crippen LogP contribution in [0.15, 0.2) is 34.8 Å². The molecule has 4 rings (SSSR count). The van der Waals surface area contributed by atoms with Gasteiger partial charge in [0.1, 0.15) is 24.2 Å². The smallest absolute Gasteiger partial charge is 0.205 e. The van der Waals surface area contributed by atoms with Gasteiger partial charge in [-0.1, -0.05) is 6.07 Å². The third-order valence-electron chi connectivity index (χ3n) is 4.73. The van der Waals surface area contributed by atoms with E-state index in [9.17, 15) is 4.79 Å². The molecular formula is C19H17BrO6. The van der Waals surface area contributed by atoms with Gasteiger partial charge in [0.05, 0.1) is 31.4 Å². The lowest BCUT2D eigenvalue weighted by molar-refractivity contribution is 0.0755. The summed E-state index contributed by atoms with van der Waals surface area (Å²) in [6, 6.07) is 8.91. The minimum Gasteiger partial charge on any atom is -0.495 e. The van der Waals surface area contributed by atoms with E-state index in [0.717, 1.165) is 5.56 Å². The second kappa shape index (κ2) is 6.17. The second-order valence-corrected chi connectivity index (χ2v) is 6.96. The lowest BCUT2D eigenvalue weighted by atomic mass is 9.89. The van der Waals surface area contributed by atoms with Gasteiger partial charge in [-0.05, 0) is 39.7 Å². The molecule has 2 heterocycles. The van der Waals surface area contributed by atoms with Crippen LogP contribution in [0.1, 0.15) is 22.0 Å². The van der Waals surface area contributed by atoms with E-state index in [-0.39, 0.29) is 18.5 Å². The van der Waals surface area contributed by atoms with Crippen LogP contribution in [-0.4, -0.2) is 39.3 Å². The summed E-state index contributed by atoms with van der Waals surface area (Å²) in [5.74, 6) is 2.23. The molecule has 1 spiro atoms. The van der Waals surface area contributed by atoms with Gasteiger partial charge in [-0.15, -0.1) is 0 Å². The van der Waals surface area contributed by atoms with E-state index in [0.29, 0.717) is 33.0 Å². The minimum atomic E-state index is -0.999. The van der Waals surface area contributed by atoms with E-state index < -0.39 is 5.60 Å². The van der Waals surface area contributed by atoms with Crippen LogP contribution in [0.2, 0.25) is 0 Å². The summed E-state index contributed by atoms with van der Waals surface area (Å²) in [6.07, 6.45) is -0.385. The summed E-state index contributed by atoms with van der Waals surface area (Å²) < 4.78 is 28.2. The Balaban J connectivity index is 1.66. The maximum Gasteiger partial charge on any atom is 0.205 e. The quantitative estimate of drug-likeness (QED) is 0.704. The lowest BCUT2D eigenvalue weighted by Crippen LogP contribution is -2.37. The van der Waals surface area contributed by atoms with Crippen molar-refractivity contribution < 1.29 is 28.5 Å². The fraction of sp³-hybridized carbons (Fsp3) is 0.316. The van der Waals surface area contributed by atoms with Gasteiger partial charge in [0.2, 0.25) is 5.78 Å². The summed E-state index contributed by atoms with van der Waals surface area (Å²) >= 11 is 3.41. The highest BCUT2D eigenvalue weighted by molar-refractivity contribution is 9.10. The summed E-state index contributed by atoms with van der Waals surface area (Å²) in [5, 5.41) is 0. The first-order chi connectivity index (χ1) is 12.5. The molecule has 1 saturated heterocycles. The van der Waals surface area contributed by atoms with Crippen LogP contribution >= 0.6 is 15.9 Å². The average molecular weight is 421 g/mol. The Labute approximate surface area is 159 Å². The Bertz CT molecular complexity index is 896. The maximum atomic E-state index is 13.1. The fourth-order valence-corrected chi connectivity index (χ4v) is 3.78. The molecule has 2 aromatic carbocycles. The first-order valence-electron chi connectivity index (χ1n) is 7.99. The molecule has 0 N–H and O–H groups in total. The molecule has 6 nitrogen and oxygen atoms in total. The monoisotopic (exact) mass is 420 g/mol. The van der Waals surface area contributed by atoms with E-state index in [2.05, 4.69) is 15.9 Å². The number of ether oxygens (including phenoxy) is 5. The van der Waals surface area contributed by atoms with E-state index in [1.807, 2.05) is 12.1 Å². The van der Waals surface area contributed by atoms with Crippen LogP contribution in [0.25, 0.3) is 0 Å². The summed E-state index contributed by atoms with van der Waals surface area (Å²) in [5.41, 5.74) is 0.322. The van der Waals surface area contributed by atoms with Gasteiger partial charge in [0.25, 0.3) is 0 Å². The molecule has 0 aliphatic carbocycles. The number of fused-ring (bicyclic) bond motifs is 1. The van der Waals surface area contributed by atoms with Crippen molar-refractivity contribution in [2.45, 2.75) is 11.7 Å². The van der Waals surface area contributed by atoms with Crippen LogP contribution in [0, 0.1) is 0 Å². The van der Waals surface area contributed by atoms with Gasteiger partial charge in [0, 0.05) is 6.07 Å². The highest BCUT2D eigenvalue weighted by Gasteiger charge is 2.66. The first kappa shape index (κ1) is 17.2. The molecule has 0 saturated carbocycles. The minimum absolute atomic E-state index is 0.0955. The maximum absolute atomic E-state index is 13.1. The predicted molar refractivity (Wildman–Crippen MR) is 96.6 cm³/mol. The Kier molecular flexibility index (Phi) is 4.08. The van der Waals surface area contributed by atoms with Crippen molar-refractivity contribution in [2.75, 3.05) is 27.9 Å². The summed E-state index contributed by atoms with van der Waals surface area (Å²) in [7, 11) is 4.71. The van der Waals surface area contributed by atoms with Gasteiger partial charge in [0.15, 0.2) is 17.1 Å². The van der Waals surface area contributed by atoms with Crippen molar-refractivity contribution in [3.8, 4) is 23.0 Å². The molecule has 0 amide bonds. The summed E-state index contributed by atoms with van der Waals surface area (Å²) in [4.78, 5) is 13.1. The molecule has 2 atom stereocenters. The van der Waals surface area contributed by atoms with Crippen molar-refractivity contribution >= 4 is 21.7 Å². The van der Waals surface area contributed by atoms with Gasteiger partial charge in [-0.3, -0.25) is 4.79 Å². The molecule has 0 bridgehead atoms. The number of benzene rings is 2. The molecule has 26 heavy (non-hydrogen) atoms. The molecule has 136 valence electrons. The molecule has 7 heteroatoms. The number of rotatable bonds is 4.